The Morgan fingerprint density at radius 2 is 1.80 bits per heavy atom. The van der Waals surface area contributed by atoms with Crippen LogP contribution in [-0.2, 0) is 11.8 Å². The molecule has 9 nitrogen and oxygen atoms in total. The van der Waals surface area contributed by atoms with Gasteiger partial charge in [0.25, 0.3) is 11.5 Å². The first-order valence-corrected chi connectivity index (χ1v) is 9.72. The molecule has 0 radical (unpaired) electrons. The predicted octanol–water partition coefficient (Wildman–Crippen LogP) is 1.45. The second-order valence-electron chi connectivity index (χ2n) is 7.62. The van der Waals surface area contributed by atoms with Gasteiger partial charge in [0, 0.05) is 31.3 Å². The highest BCUT2D eigenvalue weighted by atomic mass is 16.4. The summed E-state index contributed by atoms with van der Waals surface area (Å²) >= 11 is 0. The van der Waals surface area contributed by atoms with E-state index in [1.165, 1.54) is 18.0 Å². The lowest BCUT2D eigenvalue weighted by Crippen LogP contribution is -2.43. The normalized spacial score (nSPS) is 18.6. The monoisotopic (exact) mass is 411 g/mol. The number of benzene rings is 1. The number of nitrogen functional groups attached to an aromatic ring is 1. The molecule has 1 aromatic heterocycles. The quantitative estimate of drug-likeness (QED) is 0.502. The average Bonchev–Trinajstić information content (AvgIpc) is 2.74. The Labute approximate surface area is 173 Å². The van der Waals surface area contributed by atoms with Gasteiger partial charge in [-0.1, -0.05) is 24.3 Å². The molecule has 9 heteroatoms. The van der Waals surface area contributed by atoms with Gasteiger partial charge in [-0.2, -0.15) is 5.10 Å². The lowest BCUT2D eigenvalue weighted by Gasteiger charge is -2.33. The van der Waals surface area contributed by atoms with Crippen LogP contribution in [0.5, 0.6) is 0 Å². The molecular formula is C21H25N5O4. The lowest BCUT2D eigenvalue weighted by molar-refractivity contribution is -0.143. The van der Waals surface area contributed by atoms with E-state index >= 15 is 0 Å². The van der Waals surface area contributed by atoms with E-state index in [-0.39, 0.29) is 23.4 Å². The number of rotatable bonds is 5. The van der Waals surface area contributed by atoms with Gasteiger partial charge in [0.1, 0.15) is 11.4 Å². The molecule has 1 aliphatic rings. The van der Waals surface area contributed by atoms with Crippen molar-refractivity contribution in [2.45, 2.75) is 31.7 Å². The van der Waals surface area contributed by atoms with Crippen molar-refractivity contribution >= 4 is 17.7 Å². The summed E-state index contributed by atoms with van der Waals surface area (Å²) in [6, 6.07) is 8.19. The molecule has 30 heavy (non-hydrogen) atoms. The number of hydrogen-bond donors (Lipinski definition) is 3. The van der Waals surface area contributed by atoms with Crippen molar-refractivity contribution in [2.24, 2.45) is 18.7 Å². The molecule has 1 aromatic carbocycles. The summed E-state index contributed by atoms with van der Waals surface area (Å²) < 4.78 is 1.14. The molecule has 4 N–H and O–H groups in total. The third kappa shape index (κ3) is 4.24. The Balaban J connectivity index is 1.86. The maximum Gasteiger partial charge on any atom is 0.306 e. The highest BCUT2D eigenvalue weighted by Crippen LogP contribution is 2.28. The van der Waals surface area contributed by atoms with Crippen LogP contribution in [0.25, 0.3) is 11.3 Å². The first kappa shape index (κ1) is 21.2. The summed E-state index contributed by atoms with van der Waals surface area (Å²) in [6.45, 7) is 0. The third-order valence-corrected chi connectivity index (χ3v) is 5.70. The molecule has 1 amide bonds. The Kier molecular flexibility index (Phi) is 6.00. The van der Waals surface area contributed by atoms with E-state index in [9.17, 15) is 14.4 Å². The van der Waals surface area contributed by atoms with E-state index in [4.69, 9.17) is 16.2 Å². The molecule has 1 saturated carbocycles. The van der Waals surface area contributed by atoms with Crippen molar-refractivity contribution in [3.63, 3.8) is 0 Å². The Morgan fingerprint density at radius 1 is 1.20 bits per heavy atom. The van der Waals surface area contributed by atoms with Crippen molar-refractivity contribution in [3.8, 4) is 11.3 Å². The topological polar surface area (TPSA) is 142 Å². The van der Waals surface area contributed by atoms with Crippen molar-refractivity contribution < 1.29 is 14.7 Å². The molecule has 0 atom stereocenters. The van der Waals surface area contributed by atoms with Crippen LogP contribution in [0.15, 0.2) is 35.1 Å². The number of hydrogen-bond acceptors (Lipinski definition) is 5. The average molecular weight is 411 g/mol. The molecule has 0 saturated heterocycles. The van der Waals surface area contributed by atoms with E-state index in [1.807, 2.05) is 0 Å². The highest BCUT2D eigenvalue weighted by molar-refractivity contribution is 5.96. The van der Waals surface area contributed by atoms with E-state index < -0.39 is 17.4 Å². The Bertz CT molecular complexity index is 1040. The zero-order chi connectivity index (χ0) is 22.0. The van der Waals surface area contributed by atoms with Crippen LogP contribution in [0.3, 0.4) is 0 Å². The van der Waals surface area contributed by atoms with E-state index in [1.54, 1.807) is 31.3 Å². The number of aromatic nitrogens is 2. The first-order valence-electron chi connectivity index (χ1n) is 9.72. The number of nitrogens with zero attached hydrogens (tertiary/aromatic N) is 3. The summed E-state index contributed by atoms with van der Waals surface area (Å²) in [6.07, 6.45) is 2.20. The van der Waals surface area contributed by atoms with Crippen LogP contribution < -0.4 is 11.3 Å². The number of amides is 1. The molecule has 3 rings (SSSR count). The number of amidine groups is 1. The molecule has 0 spiro atoms. The zero-order valence-corrected chi connectivity index (χ0v) is 17.0. The summed E-state index contributed by atoms with van der Waals surface area (Å²) in [5, 5.41) is 20.9. The molecule has 1 heterocycles. The van der Waals surface area contributed by atoms with Crippen LogP contribution in [0.4, 0.5) is 0 Å². The van der Waals surface area contributed by atoms with E-state index in [0.29, 0.717) is 42.5 Å². The molecule has 2 aromatic rings. The van der Waals surface area contributed by atoms with E-state index in [0.717, 1.165) is 4.68 Å². The molecule has 0 bridgehead atoms. The van der Waals surface area contributed by atoms with Gasteiger partial charge < -0.3 is 15.7 Å². The first-order chi connectivity index (χ1) is 14.2. The molecule has 1 fully saturated rings. The summed E-state index contributed by atoms with van der Waals surface area (Å²) in [5.74, 6) is -1.63. The SMILES string of the molecule is CN(C(=O)c1cc(-c2ccc(C(=N)N)cc2)nn(C)c1=O)C1CCC(C(=O)O)CC1. The second kappa shape index (κ2) is 8.48. The number of carbonyl (C=O) groups is 2. The van der Waals surface area contributed by atoms with Crippen LogP contribution >= 0.6 is 0 Å². The molecule has 0 aliphatic heterocycles. The molecular weight excluding hydrogens is 386 g/mol. The van der Waals surface area contributed by atoms with Gasteiger partial charge in [0.05, 0.1) is 11.6 Å². The molecule has 158 valence electrons. The lowest BCUT2D eigenvalue weighted by atomic mass is 9.85. The predicted molar refractivity (Wildman–Crippen MR) is 111 cm³/mol. The number of aryl methyl sites for hydroxylation is 1. The number of nitrogens with one attached hydrogen (secondary N) is 1. The van der Waals surface area contributed by atoms with Crippen LogP contribution in [0, 0.1) is 11.3 Å². The van der Waals surface area contributed by atoms with Gasteiger partial charge in [-0.05, 0) is 31.7 Å². The standard InChI is InChI=1S/C21H25N5O4/c1-25(15-9-7-14(8-10-15)21(29)30)19(27)16-11-17(24-26(2)20(16)28)12-3-5-13(6-4-12)18(22)23/h3-6,11,14-15H,7-10H2,1-2H3,(H3,22,23)(H,29,30). The Morgan fingerprint density at radius 3 is 2.33 bits per heavy atom. The fourth-order valence-electron chi connectivity index (χ4n) is 3.79. The van der Waals surface area contributed by atoms with Gasteiger partial charge in [-0.15, -0.1) is 0 Å². The maximum absolute atomic E-state index is 13.1. The van der Waals surface area contributed by atoms with E-state index in [2.05, 4.69) is 5.10 Å². The number of aliphatic carboxylic acids is 1. The summed E-state index contributed by atoms with van der Waals surface area (Å²) in [4.78, 5) is 38.4. The number of carboxylic acid groups (broad SMARTS) is 1. The summed E-state index contributed by atoms with van der Waals surface area (Å²) in [5.41, 5.74) is 6.72. The summed E-state index contributed by atoms with van der Waals surface area (Å²) in [7, 11) is 3.14. The van der Waals surface area contributed by atoms with Crippen molar-refractivity contribution in [1.29, 1.82) is 5.41 Å². The molecule has 1 aliphatic carbocycles. The van der Waals surface area contributed by atoms with Gasteiger partial charge in [-0.25, -0.2) is 4.68 Å². The number of carboxylic acids is 1. The van der Waals surface area contributed by atoms with Gasteiger partial charge in [-0.3, -0.25) is 19.8 Å². The van der Waals surface area contributed by atoms with Crippen LogP contribution in [-0.4, -0.2) is 50.6 Å². The van der Waals surface area contributed by atoms with Crippen LogP contribution in [0.1, 0.15) is 41.6 Å². The van der Waals surface area contributed by atoms with Crippen molar-refractivity contribution in [1.82, 2.24) is 14.7 Å². The fraction of sp³-hybridized carbons (Fsp3) is 0.381. The molecule has 0 unspecified atom stereocenters. The van der Waals surface area contributed by atoms with Gasteiger partial charge >= 0.3 is 5.97 Å². The minimum atomic E-state index is -0.800. The van der Waals surface area contributed by atoms with Gasteiger partial charge in [0.2, 0.25) is 0 Å². The van der Waals surface area contributed by atoms with Gasteiger partial charge in [0.15, 0.2) is 0 Å². The van der Waals surface area contributed by atoms with Crippen molar-refractivity contribution in [2.75, 3.05) is 7.05 Å². The minimum Gasteiger partial charge on any atom is -0.481 e. The maximum atomic E-state index is 13.1. The number of nitrogens with two attached hydrogens (primary N) is 1. The minimum absolute atomic E-state index is 0.0148. The number of carbonyl (C=O) groups excluding carboxylic acids is 1. The third-order valence-electron chi connectivity index (χ3n) is 5.70. The highest BCUT2D eigenvalue weighted by Gasteiger charge is 2.31. The van der Waals surface area contributed by atoms with Crippen molar-refractivity contribution in [3.05, 3.63) is 51.8 Å². The smallest absolute Gasteiger partial charge is 0.306 e. The zero-order valence-electron chi connectivity index (χ0n) is 17.0. The largest absolute Gasteiger partial charge is 0.481 e. The second-order valence-corrected chi connectivity index (χ2v) is 7.62. The Hall–Kier alpha value is -3.49. The van der Waals surface area contributed by atoms with Crippen LogP contribution in [0.2, 0.25) is 0 Å². The fourth-order valence-corrected chi connectivity index (χ4v) is 3.79.